The van der Waals surface area contributed by atoms with Crippen molar-refractivity contribution in [1.29, 1.82) is 0 Å². The fourth-order valence-corrected chi connectivity index (χ4v) is 0.959. The Labute approximate surface area is 81.5 Å². The highest BCUT2D eigenvalue weighted by Gasteiger charge is 2.56. The first-order chi connectivity index (χ1) is 6.72. The minimum Gasteiger partial charge on any atom is -0.207 e. The minimum absolute atomic E-state index is 0.265. The van der Waals surface area contributed by atoms with Crippen LogP contribution in [0.3, 0.4) is 0 Å². The van der Waals surface area contributed by atoms with Gasteiger partial charge in [0, 0.05) is 6.42 Å². The summed E-state index contributed by atoms with van der Waals surface area (Å²) in [5.74, 6) is -5.47. The van der Waals surface area contributed by atoms with Gasteiger partial charge in [0.25, 0.3) is 0 Å². The molecule has 0 radical (unpaired) electrons. The molecule has 0 N–H and O–H groups in total. The number of alkyl halides is 5. The third-order valence-electron chi connectivity index (χ3n) is 1.75. The zero-order chi connectivity index (χ0) is 11.7. The van der Waals surface area contributed by atoms with Crippen LogP contribution in [0.15, 0.2) is 24.3 Å². The Morgan fingerprint density at radius 3 is 1.73 bits per heavy atom. The van der Waals surface area contributed by atoms with E-state index in [9.17, 15) is 26.3 Å². The van der Waals surface area contributed by atoms with Gasteiger partial charge in [-0.15, -0.1) is 0 Å². The summed E-state index contributed by atoms with van der Waals surface area (Å²) >= 11 is 0. The lowest BCUT2D eigenvalue weighted by atomic mass is 10.1. The molecule has 0 heterocycles. The highest BCUT2D eigenvalue weighted by molar-refractivity contribution is 5.18. The lowest BCUT2D eigenvalue weighted by Gasteiger charge is -2.19. The second-order valence-corrected chi connectivity index (χ2v) is 3.01. The molecule has 0 aliphatic rings. The second-order valence-electron chi connectivity index (χ2n) is 3.01. The summed E-state index contributed by atoms with van der Waals surface area (Å²) in [6.07, 6.45) is -7.06. The number of benzene rings is 1. The van der Waals surface area contributed by atoms with Crippen molar-refractivity contribution in [2.24, 2.45) is 0 Å². The van der Waals surface area contributed by atoms with Crippen molar-refractivity contribution < 1.29 is 26.3 Å². The van der Waals surface area contributed by atoms with Crippen LogP contribution in [0.4, 0.5) is 26.3 Å². The van der Waals surface area contributed by atoms with Crippen molar-refractivity contribution in [3.63, 3.8) is 0 Å². The molecule has 0 saturated carbocycles. The molecule has 0 aliphatic heterocycles. The van der Waals surface area contributed by atoms with E-state index in [1.54, 1.807) is 0 Å². The zero-order valence-corrected chi connectivity index (χ0v) is 7.28. The number of halogens is 6. The molecule has 6 heteroatoms. The van der Waals surface area contributed by atoms with Crippen LogP contribution in [-0.4, -0.2) is 12.1 Å². The van der Waals surface area contributed by atoms with Gasteiger partial charge in [0.1, 0.15) is 5.82 Å². The van der Waals surface area contributed by atoms with E-state index in [-0.39, 0.29) is 5.56 Å². The molecule has 0 amide bonds. The Hall–Kier alpha value is -1.20. The molecule has 0 unspecified atom stereocenters. The first kappa shape index (κ1) is 11.9. The molecular weight excluding hydrogens is 222 g/mol. The number of hydrogen-bond acceptors (Lipinski definition) is 0. The van der Waals surface area contributed by atoms with E-state index in [4.69, 9.17) is 0 Å². The fourth-order valence-electron chi connectivity index (χ4n) is 0.959. The molecule has 1 aromatic carbocycles. The van der Waals surface area contributed by atoms with Crippen LogP contribution < -0.4 is 0 Å². The molecule has 84 valence electrons. The van der Waals surface area contributed by atoms with Crippen molar-refractivity contribution in [1.82, 2.24) is 0 Å². The molecule has 0 saturated heterocycles. The summed E-state index contributed by atoms with van der Waals surface area (Å²) in [6.45, 7) is 0. The van der Waals surface area contributed by atoms with Gasteiger partial charge >= 0.3 is 12.1 Å². The van der Waals surface area contributed by atoms with E-state index in [1.807, 2.05) is 0 Å². The van der Waals surface area contributed by atoms with Gasteiger partial charge in [0.15, 0.2) is 0 Å². The summed E-state index contributed by atoms with van der Waals surface area (Å²) < 4.78 is 72.7. The first-order valence-corrected chi connectivity index (χ1v) is 3.91. The monoisotopic (exact) mass is 228 g/mol. The van der Waals surface area contributed by atoms with Gasteiger partial charge < -0.3 is 0 Å². The highest BCUT2D eigenvalue weighted by Crippen LogP contribution is 2.37. The summed E-state index contributed by atoms with van der Waals surface area (Å²) in [7, 11) is 0. The number of rotatable bonds is 2. The van der Waals surface area contributed by atoms with Gasteiger partial charge in [-0.05, 0) is 17.7 Å². The lowest BCUT2D eigenvalue weighted by molar-refractivity contribution is -0.281. The molecule has 0 spiro atoms. The highest BCUT2D eigenvalue weighted by atomic mass is 19.4. The van der Waals surface area contributed by atoms with E-state index in [2.05, 4.69) is 0 Å². The predicted molar refractivity (Wildman–Crippen MR) is 41.1 cm³/mol. The van der Waals surface area contributed by atoms with Crippen LogP contribution >= 0.6 is 0 Å². The van der Waals surface area contributed by atoms with Crippen LogP contribution in [0, 0.1) is 5.82 Å². The normalized spacial score (nSPS) is 12.9. The summed E-state index contributed by atoms with van der Waals surface area (Å²) in [6, 6.07) is 3.47. The zero-order valence-electron chi connectivity index (χ0n) is 7.28. The van der Waals surface area contributed by atoms with Crippen molar-refractivity contribution in [2.75, 3.05) is 0 Å². The third-order valence-corrected chi connectivity index (χ3v) is 1.75. The summed E-state index contributed by atoms with van der Waals surface area (Å²) in [4.78, 5) is 0. The van der Waals surface area contributed by atoms with Crippen LogP contribution in [0.5, 0.6) is 0 Å². The quantitative estimate of drug-likeness (QED) is 0.679. The van der Waals surface area contributed by atoms with E-state index in [1.165, 1.54) is 0 Å². The third kappa shape index (κ3) is 2.87. The Morgan fingerprint density at radius 2 is 1.33 bits per heavy atom. The molecule has 15 heavy (non-hydrogen) atoms. The van der Waals surface area contributed by atoms with Gasteiger partial charge in [-0.2, -0.15) is 22.0 Å². The van der Waals surface area contributed by atoms with Crippen molar-refractivity contribution in [3.8, 4) is 0 Å². The van der Waals surface area contributed by atoms with E-state index in [0.29, 0.717) is 0 Å². The van der Waals surface area contributed by atoms with Crippen LogP contribution in [-0.2, 0) is 6.42 Å². The van der Waals surface area contributed by atoms with Gasteiger partial charge in [0.05, 0.1) is 0 Å². The lowest BCUT2D eigenvalue weighted by Crippen LogP contribution is -2.38. The molecule has 0 nitrogen and oxygen atoms in total. The van der Waals surface area contributed by atoms with Crippen molar-refractivity contribution in [3.05, 3.63) is 35.6 Å². The average Bonchev–Trinajstić information content (AvgIpc) is 2.06. The molecule has 0 aliphatic carbocycles. The standard InChI is InChI=1S/C9H6F6/c10-7-3-1-6(2-4-7)5-8(11,12)9(13,14)15/h1-4H,5H2. The summed E-state index contributed by atoms with van der Waals surface area (Å²) in [5, 5.41) is 0. The van der Waals surface area contributed by atoms with Crippen molar-refractivity contribution in [2.45, 2.75) is 18.5 Å². The molecule has 1 aromatic rings. The maximum absolute atomic E-state index is 12.5. The van der Waals surface area contributed by atoms with Gasteiger partial charge in [-0.1, -0.05) is 12.1 Å². The topological polar surface area (TPSA) is 0 Å². The van der Waals surface area contributed by atoms with Crippen LogP contribution in [0.25, 0.3) is 0 Å². The first-order valence-electron chi connectivity index (χ1n) is 3.91. The Balaban J connectivity index is 2.82. The average molecular weight is 228 g/mol. The van der Waals surface area contributed by atoms with Gasteiger partial charge in [-0.25, -0.2) is 4.39 Å². The Bertz CT molecular complexity index is 323. The van der Waals surface area contributed by atoms with Gasteiger partial charge in [0.2, 0.25) is 0 Å². The van der Waals surface area contributed by atoms with E-state index >= 15 is 0 Å². The molecule has 0 fully saturated rings. The predicted octanol–water partition coefficient (Wildman–Crippen LogP) is 3.57. The SMILES string of the molecule is Fc1ccc(CC(F)(F)C(F)(F)F)cc1. The van der Waals surface area contributed by atoms with E-state index < -0.39 is 24.3 Å². The molecule has 0 aromatic heterocycles. The van der Waals surface area contributed by atoms with Crippen LogP contribution in [0.1, 0.15) is 5.56 Å². The molecule has 0 bridgehead atoms. The maximum Gasteiger partial charge on any atom is 0.453 e. The Kier molecular flexibility index (Phi) is 2.97. The maximum atomic E-state index is 12.5. The largest absolute Gasteiger partial charge is 0.453 e. The van der Waals surface area contributed by atoms with Crippen LogP contribution in [0.2, 0.25) is 0 Å². The molecule has 1 rings (SSSR count). The summed E-state index contributed by atoms with van der Waals surface area (Å²) in [5.41, 5.74) is -0.265. The minimum atomic E-state index is -5.58. The molecule has 0 atom stereocenters. The Morgan fingerprint density at radius 1 is 0.867 bits per heavy atom. The van der Waals surface area contributed by atoms with E-state index in [0.717, 1.165) is 24.3 Å². The number of hydrogen-bond donors (Lipinski definition) is 0. The second kappa shape index (κ2) is 3.75. The van der Waals surface area contributed by atoms with Crippen molar-refractivity contribution >= 4 is 0 Å². The molecular formula is C9H6F6. The smallest absolute Gasteiger partial charge is 0.207 e. The fraction of sp³-hybridized carbons (Fsp3) is 0.333. The van der Waals surface area contributed by atoms with Gasteiger partial charge in [-0.3, -0.25) is 0 Å².